The summed E-state index contributed by atoms with van der Waals surface area (Å²) in [5.41, 5.74) is 3.47. The molecule has 2 radical (unpaired) electrons. The van der Waals surface area contributed by atoms with E-state index in [2.05, 4.69) is 32.9 Å². The molecule has 0 aliphatic heterocycles. The van der Waals surface area contributed by atoms with Gasteiger partial charge in [-0.3, -0.25) is 0 Å². The van der Waals surface area contributed by atoms with Crippen molar-refractivity contribution in [1.82, 2.24) is 0 Å². The van der Waals surface area contributed by atoms with Gasteiger partial charge in [0.05, 0.1) is 0 Å². The van der Waals surface area contributed by atoms with Gasteiger partial charge in [0.15, 0.2) is 0 Å². The third-order valence-electron chi connectivity index (χ3n) is 3.38. The lowest BCUT2D eigenvalue weighted by Crippen LogP contribution is -2.13. The van der Waals surface area contributed by atoms with Gasteiger partial charge in [0.2, 0.25) is 0 Å². The molecule has 2 rings (SSSR count). The number of rotatable bonds is 2. The largest absolute Gasteiger partial charge is 0.0774 e. The Labute approximate surface area is 96.7 Å². The second-order valence-corrected chi connectivity index (χ2v) is 8.12. The summed E-state index contributed by atoms with van der Waals surface area (Å²) in [5.74, 6) is 0.804. The molecule has 0 aromatic heterocycles. The summed E-state index contributed by atoms with van der Waals surface area (Å²) < 4.78 is 0. The van der Waals surface area contributed by atoms with E-state index in [1.165, 1.54) is 31.7 Å². The van der Waals surface area contributed by atoms with Crippen LogP contribution in [-0.4, -0.2) is 9.52 Å². The Bertz CT molecular complexity index is 291. The van der Waals surface area contributed by atoms with Gasteiger partial charge in [0.25, 0.3) is 0 Å². The summed E-state index contributed by atoms with van der Waals surface area (Å²) in [6.45, 7) is 7.08. The highest BCUT2D eigenvalue weighted by molar-refractivity contribution is 6.39. The van der Waals surface area contributed by atoms with E-state index in [0.717, 1.165) is 15.4 Å². The SMILES string of the molecule is CC(C)(C)[Si]CC1C=CC2=C1CCCC2. The Hall–Kier alpha value is -0.303. The van der Waals surface area contributed by atoms with Crippen LogP contribution in [0.25, 0.3) is 0 Å². The average Bonchev–Trinajstić information content (AvgIpc) is 2.57. The molecule has 0 heterocycles. The number of hydrogen-bond donors (Lipinski definition) is 0. The van der Waals surface area contributed by atoms with Crippen LogP contribution in [0.3, 0.4) is 0 Å². The Balaban J connectivity index is 1.95. The molecule has 15 heavy (non-hydrogen) atoms. The summed E-state index contributed by atoms with van der Waals surface area (Å²) in [6, 6.07) is 1.39. The monoisotopic (exact) mass is 218 g/mol. The Kier molecular flexibility index (Phi) is 3.20. The van der Waals surface area contributed by atoms with E-state index in [1.54, 1.807) is 11.1 Å². The normalized spacial score (nSPS) is 25.9. The maximum atomic E-state index is 2.47. The zero-order chi connectivity index (χ0) is 10.9. The molecule has 0 amide bonds. The fraction of sp³-hybridized carbons (Fsp3) is 0.714. The highest BCUT2D eigenvalue weighted by Gasteiger charge is 2.24. The van der Waals surface area contributed by atoms with Crippen LogP contribution in [0.5, 0.6) is 0 Å². The fourth-order valence-corrected chi connectivity index (χ4v) is 3.74. The molecule has 1 unspecified atom stereocenters. The van der Waals surface area contributed by atoms with Crippen molar-refractivity contribution in [3.63, 3.8) is 0 Å². The van der Waals surface area contributed by atoms with Gasteiger partial charge >= 0.3 is 0 Å². The Morgan fingerprint density at radius 1 is 1.27 bits per heavy atom. The molecule has 1 atom stereocenters. The molecule has 0 N–H and O–H groups in total. The second kappa shape index (κ2) is 4.29. The van der Waals surface area contributed by atoms with E-state index < -0.39 is 0 Å². The van der Waals surface area contributed by atoms with Gasteiger partial charge in [-0.2, -0.15) is 0 Å². The van der Waals surface area contributed by atoms with Crippen molar-refractivity contribution in [3.05, 3.63) is 23.3 Å². The minimum absolute atomic E-state index is 0.520. The number of hydrogen-bond acceptors (Lipinski definition) is 0. The van der Waals surface area contributed by atoms with Crippen molar-refractivity contribution < 1.29 is 0 Å². The Morgan fingerprint density at radius 3 is 2.73 bits per heavy atom. The highest BCUT2D eigenvalue weighted by Crippen LogP contribution is 2.39. The lowest BCUT2D eigenvalue weighted by molar-refractivity contribution is 0.639. The first-order valence-corrected chi connectivity index (χ1v) is 7.42. The predicted octanol–water partition coefficient (Wildman–Crippen LogP) is 4.38. The molecule has 1 heteroatoms. The van der Waals surface area contributed by atoms with Crippen LogP contribution >= 0.6 is 0 Å². The van der Waals surface area contributed by atoms with Gasteiger partial charge in [-0.1, -0.05) is 44.5 Å². The van der Waals surface area contributed by atoms with Crippen LogP contribution in [0.15, 0.2) is 23.3 Å². The van der Waals surface area contributed by atoms with E-state index >= 15 is 0 Å². The third kappa shape index (κ3) is 2.84. The van der Waals surface area contributed by atoms with E-state index in [9.17, 15) is 0 Å². The van der Waals surface area contributed by atoms with E-state index in [0.29, 0.717) is 5.04 Å². The molecular formula is C14H22Si. The standard InChI is InChI=1S/C14H22Si/c1-14(2,3)15-10-12-9-8-11-6-4-5-7-13(11)12/h8-9,12H,4-7,10H2,1-3H3. The molecular weight excluding hydrogens is 196 g/mol. The molecule has 82 valence electrons. The second-order valence-electron chi connectivity index (χ2n) is 5.85. The molecule has 0 aromatic rings. The average molecular weight is 218 g/mol. The van der Waals surface area contributed by atoms with Gasteiger partial charge in [-0.25, -0.2) is 0 Å². The maximum Gasteiger partial charge on any atom is 0.0454 e. The molecule has 0 saturated carbocycles. The summed E-state index contributed by atoms with van der Waals surface area (Å²) >= 11 is 0. The van der Waals surface area contributed by atoms with Gasteiger partial charge in [0, 0.05) is 9.52 Å². The maximum absolute atomic E-state index is 2.47. The van der Waals surface area contributed by atoms with Crippen molar-refractivity contribution in [3.8, 4) is 0 Å². The molecule has 0 bridgehead atoms. The summed E-state index contributed by atoms with van der Waals surface area (Å²) in [6.07, 6.45) is 10.4. The smallest absolute Gasteiger partial charge is 0.0454 e. The van der Waals surface area contributed by atoms with E-state index in [1.807, 2.05) is 0 Å². The van der Waals surface area contributed by atoms with Crippen molar-refractivity contribution >= 4 is 9.52 Å². The molecule has 0 saturated heterocycles. The lowest BCUT2D eigenvalue weighted by Gasteiger charge is -2.23. The van der Waals surface area contributed by atoms with Crippen molar-refractivity contribution in [2.24, 2.45) is 5.92 Å². The van der Waals surface area contributed by atoms with Gasteiger partial charge in [0.1, 0.15) is 0 Å². The van der Waals surface area contributed by atoms with Crippen LogP contribution < -0.4 is 0 Å². The molecule has 0 nitrogen and oxygen atoms in total. The summed E-state index contributed by atoms with van der Waals surface area (Å²) in [5, 5.41) is 0.520. The van der Waals surface area contributed by atoms with Crippen LogP contribution in [0.1, 0.15) is 46.5 Å². The highest BCUT2D eigenvalue weighted by atomic mass is 28.2. The van der Waals surface area contributed by atoms with Crippen molar-refractivity contribution in [1.29, 1.82) is 0 Å². The minimum Gasteiger partial charge on any atom is -0.0774 e. The minimum atomic E-state index is 0.520. The van der Waals surface area contributed by atoms with Gasteiger partial charge in [-0.15, -0.1) is 0 Å². The number of allylic oxidation sites excluding steroid dienone is 4. The predicted molar refractivity (Wildman–Crippen MR) is 68.4 cm³/mol. The first-order chi connectivity index (χ1) is 7.06. The molecule has 0 fully saturated rings. The zero-order valence-corrected chi connectivity index (χ0v) is 11.3. The fourth-order valence-electron chi connectivity index (χ4n) is 2.52. The first kappa shape index (κ1) is 11.2. The first-order valence-electron chi connectivity index (χ1n) is 6.21. The topological polar surface area (TPSA) is 0 Å². The summed E-state index contributed by atoms with van der Waals surface area (Å²) in [7, 11) is 1.09. The quantitative estimate of drug-likeness (QED) is 0.603. The Morgan fingerprint density at radius 2 is 2.00 bits per heavy atom. The van der Waals surface area contributed by atoms with E-state index in [4.69, 9.17) is 0 Å². The van der Waals surface area contributed by atoms with Gasteiger partial charge < -0.3 is 0 Å². The van der Waals surface area contributed by atoms with E-state index in [-0.39, 0.29) is 0 Å². The van der Waals surface area contributed by atoms with Crippen LogP contribution in [0.2, 0.25) is 11.1 Å². The van der Waals surface area contributed by atoms with Crippen LogP contribution in [0.4, 0.5) is 0 Å². The van der Waals surface area contributed by atoms with Crippen molar-refractivity contribution in [2.45, 2.75) is 57.5 Å². The molecule has 0 aromatic carbocycles. The molecule has 2 aliphatic carbocycles. The van der Waals surface area contributed by atoms with Crippen molar-refractivity contribution in [2.75, 3.05) is 0 Å². The summed E-state index contributed by atoms with van der Waals surface area (Å²) in [4.78, 5) is 0. The zero-order valence-electron chi connectivity index (χ0n) is 10.3. The third-order valence-corrected chi connectivity index (χ3v) is 5.09. The van der Waals surface area contributed by atoms with Crippen LogP contribution in [0, 0.1) is 5.92 Å². The van der Waals surface area contributed by atoms with Crippen LogP contribution in [-0.2, 0) is 0 Å². The van der Waals surface area contributed by atoms with Gasteiger partial charge in [-0.05, 0) is 42.2 Å². The molecule has 0 spiro atoms. The lowest BCUT2D eigenvalue weighted by atomic mass is 9.89. The molecule has 2 aliphatic rings.